The van der Waals surface area contributed by atoms with Gasteiger partial charge in [0.05, 0.1) is 25.5 Å². The Hall–Kier alpha value is -1.96. The van der Waals surface area contributed by atoms with Crippen molar-refractivity contribution in [3.05, 3.63) is 29.6 Å². The molecule has 7 heteroatoms. The Labute approximate surface area is 125 Å². The Morgan fingerprint density at radius 1 is 1.43 bits per heavy atom. The average molecular weight is 305 g/mol. The number of nitrogens with one attached hydrogen (secondary N) is 1. The van der Waals surface area contributed by atoms with Gasteiger partial charge in [-0.3, -0.25) is 10.1 Å². The molecule has 21 heavy (non-hydrogen) atoms. The topological polar surface area (TPSA) is 86.5 Å². The summed E-state index contributed by atoms with van der Waals surface area (Å²) in [5.74, 6) is -0.233. The molecule has 1 fully saturated rings. The fourth-order valence-electron chi connectivity index (χ4n) is 1.99. The van der Waals surface area contributed by atoms with Gasteiger partial charge >= 0.3 is 0 Å². The standard InChI is InChI=1S/C14H15N3O3S/c15-10-3-1-2-9(6-10)11-8-21-14(16-11)17-13(18)12-7-19-4-5-20-12/h1-3,6,8,12H,4-5,7,15H2,(H,16,17,18). The van der Waals surface area contributed by atoms with Gasteiger partial charge in [-0.25, -0.2) is 4.98 Å². The van der Waals surface area contributed by atoms with Crippen molar-refractivity contribution < 1.29 is 14.3 Å². The number of amides is 1. The largest absolute Gasteiger partial charge is 0.399 e. The van der Waals surface area contributed by atoms with Crippen LogP contribution in [0.3, 0.4) is 0 Å². The zero-order valence-corrected chi connectivity index (χ0v) is 12.1. The lowest BCUT2D eigenvalue weighted by Crippen LogP contribution is -2.39. The van der Waals surface area contributed by atoms with Crippen LogP contribution in [0.2, 0.25) is 0 Å². The molecule has 1 aliphatic heterocycles. The van der Waals surface area contributed by atoms with Crippen molar-refractivity contribution in [1.82, 2.24) is 4.98 Å². The van der Waals surface area contributed by atoms with Gasteiger partial charge in [-0.15, -0.1) is 11.3 Å². The molecule has 1 aromatic carbocycles. The molecule has 110 valence electrons. The first-order valence-corrected chi connectivity index (χ1v) is 7.42. The smallest absolute Gasteiger partial charge is 0.257 e. The predicted octanol–water partition coefficient (Wildman–Crippen LogP) is 1.75. The highest BCUT2D eigenvalue weighted by Crippen LogP contribution is 2.26. The summed E-state index contributed by atoms with van der Waals surface area (Å²) in [7, 11) is 0. The van der Waals surface area contributed by atoms with Crippen molar-refractivity contribution in [2.75, 3.05) is 30.9 Å². The molecule has 0 bridgehead atoms. The Bertz CT molecular complexity index is 638. The van der Waals surface area contributed by atoms with Gasteiger partial charge in [0.2, 0.25) is 0 Å². The van der Waals surface area contributed by atoms with Crippen molar-refractivity contribution >= 4 is 28.1 Å². The second-order valence-electron chi connectivity index (χ2n) is 4.59. The SMILES string of the molecule is Nc1cccc(-c2csc(NC(=O)C3COCCO3)n2)c1. The van der Waals surface area contributed by atoms with Crippen LogP contribution in [0, 0.1) is 0 Å². The molecule has 2 aromatic rings. The number of rotatable bonds is 3. The number of nitrogen functional groups attached to an aromatic ring is 1. The molecule has 0 aliphatic carbocycles. The zero-order valence-electron chi connectivity index (χ0n) is 11.2. The summed E-state index contributed by atoms with van der Waals surface area (Å²) in [5.41, 5.74) is 8.14. The van der Waals surface area contributed by atoms with Gasteiger partial charge in [-0.1, -0.05) is 12.1 Å². The van der Waals surface area contributed by atoms with E-state index in [4.69, 9.17) is 15.2 Å². The molecule has 1 atom stereocenters. The maximum absolute atomic E-state index is 12.0. The number of nitrogens with two attached hydrogens (primary N) is 1. The van der Waals surface area contributed by atoms with Crippen molar-refractivity contribution in [1.29, 1.82) is 0 Å². The summed E-state index contributed by atoms with van der Waals surface area (Å²) >= 11 is 1.36. The maximum Gasteiger partial charge on any atom is 0.257 e. The van der Waals surface area contributed by atoms with Gasteiger partial charge in [0, 0.05) is 16.6 Å². The first-order valence-electron chi connectivity index (χ1n) is 6.54. The van der Waals surface area contributed by atoms with E-state index in [1.165, 1.54) is 11.3 Å². The van der Waals surface area contributed by atoms with Crippen LogP contribution in [-0.4, -0.2) is 36.8 Å². The van der Waals surface area contributed by atoms with Crippen LogP contribution < -0.4 is 11.1 Å². The van der Waals surface area contributed by atoms with Crippen LogP contribution in [0.15, 0.2) is 29.6 Å². The number of anilines is 2. The summed E-state index contributed by atoms with van der Waals surface area (Å²) in [6.45, 7) is 1.24. The lowest BCUT2D eigenvalue weighted by atomic mass is 10.1. The van der Waals surface area contributed by atoms with E-state index in [-0.39, 0.29) is 12.5 Å². The molecule has 0 spiro atoms. The van der Waals surface area contributed by atoms with E-state index in [1.54, 1.807) is 0 Å². The van der Waals surface area contributed by atoms with Crippen molar-refractivity contribution in [2.24, 2.45) is 0 Å². The summed E-state index contributed by atoms with van der Waals surface area (Å²) in [5, 5.41) is 5.16. The Kier molecular flexibility index (Phi) is 4.14. The van der Waals surface area contributed by atoms with Crippen LogP contribution in [-0.2, 0) is 14.3 Å². The predicted molar refractivity (Wildman–Crippen MR) is 81.2 cm³/mol. The molecule has 1 amide bonds. The number of aromatic nitrogens is 1. The molecule has 2 heterocycles. The second-order valence-corrected chi connectivity index (χ2v) is 5.45. The summed E-state index contributed by atoms with van der Waals surface area (Å²) in [6, 6.07) is 7.46. The van der Waals surface area contributed by atoms with E-state index >= 15 is 0 Å². The van der Waals surface area contributed by atoms with Crippen LogP contribution in [0.5, 0.6) is 0 Å². The van der Waals surface area contributed by atoms with Gasteiger partial charge in [-0.2, -0.15) is 0 Å². The minimum absolute atomic E-state index is 0.233. The fraction of sp³-hybridized carbons (Fsp3) is 0.286. The normalized spacial score (nSPS) is 18.4. The highest BCUT2D eigenvalue weighted by Gasteiger charge is 2.23. The molecular formula is C14H15N3O3S. The highest BCUT2D eigenvalue weighted by atomic mass is 32.1. The first-order chi connectivity index (χ1) is 10.2. The summed E-state index contributed by atoms with van der Waals surface area (Å²) in [6.07, 6.45) is -0.571. The van der Waals surface area contributed by atoms with E-state index in [2.05, 4.69) is 10.3 Å². The monoisotopic (exact) mass is 305 g/mol. The van der Waals surface area contributed by atoms with Gasteiger partial charge in [0.1, 0.15) is 0 Å². The number of benzene rings is 1. The van der Waals surface area contributed by atoms with Gasteiger partial charge in [-0.05, 0) is 12.1 Å². The lowest BCUT2D eigenvalue weighted by molar-refractivity contribution is -0.142. The molecular weight excluding hydrogens is 290 g/mol. The number of carbonyl (C=O) groups excluding carboxylic acids is 1. The molecule has 1 aliphatic rings. The molecule has 1 saturated heterocycles. The maximum atomic E-state index is 12.0. The van der Waals surface area contributed by atoms with Gasteiger partial charge in [0.25, 0.3) is 5.91 Å². The van der Waals surface area contributed by atoms with Gasteiger partial charge < -0.3 is 15.2 Å². The number of hydrogen-bond acceptors (Lipinski definition) is 6. The molecule has 3 N–H and O–H groups in total. The average Bonchev–Trinajstić information content (AvgIpc) is 2.97. The number of ether oxygens (including phenoxy) is 2. The molecule has 0 saturated carbocycles. The third-order valence-corrected chi connectivity index (χ3v) is 3.78. The quantitative estimate of drug-likeness (QED) is 0.844. The number of carbonyl (C=O) groups is 1. The van der Waals surface area contributed by atoms with Crippen LogP contribution in [0.25, 0.3) is 11.3 Å². The van der Waals surface area contributed by atoms with Crippen molar-refractivity contribution in [3.63, 3.8) is 0 Å². The van der Waals surface area contributed by atoms with E-state index in [0.717, 1.165) is 11.3 Å². The number of hydrogen-bond donors (Lipinski definition) is 2. The fourth-order valence-corrected chi connectivity index (χ4v) is 2.71. The van der Waals surface area contributed by atoms with Crippen LogP contribution in [0.4, 0.5) is 10.8 Å². The van der Waals surface area contributed by atoms with E-state index in [0.29, 0.717) is 24.0 Å². The van der Waals surface area contributed by atoms with Crippen molar-refractivity contribution in [3.8, 4) is 11.3 Å². The molecule has 1 unspecified atom stereocenters. The lowest BCUT2D eigenvalue weighted by Gasteiger charge is -2.21. The number of nitrogens with zero attached hydrogens (tertiary/aromatic N) is 1. The Balaban J connectivity index is 1.69. The van der Waals surface area contributed by atoms with E-state index < -0.39 is 6.10 Å². The third kappa shape index (κ3) is 3.38. The number of thiazole rings is 1. The summed E-state index contributed by atoms with van der Waals surface area (Å²) < 4.78 is 10.6. The molecule has 6 nitrogen and oxygen atoms in total. The minimum Gasteiger partial charge on any atom is -0.399 e. The van der Waals surface area contributed by atoms with Crippen molar-refractivity contribution in [2.45, 2.75) is 6.10 Å². The first kappa shape index (κ1) is 14.0. The Morgan fingerprint density at radius 2 is 2.33 bits per heavy atom. The van der Waals surface area contributed by atoms with Gasteiger partial charge in [0.15, 0.2) is 11.2 Å². The second kappa shape index (κ2) is 6.21. The summed E-state index contributed by atoms with van der Waals surface area (Å²) in [4.78, 5) is 16.4. The molecule has 0 radical (unpaired) electrons. The molecule has 3 rings (SSSR count). The highest BCUT2D eigenvalue weighted by molar-refractivity contribution is 7.14. The van der Waals surface area contributed by atoms with Crippen LogP contribution in [0.1, 0.15) is 0 Å². The zero-order chi connectivity index (χ0) is 14.7. The third-order valence-electron chi connectivity index (χ3n) is 3.03. The Morgan fingerprint density at radius 3 is 3.10 bits per heavy atom. The molecule has 1 aromatic heterocycles. The van der Waals surface area contributed by atoms with E-state index in [9.17, 15) is 4.79 Å². The van der Waals surface area contributed by atoms with Crippen LogP contribution >= 0.6 is 11.3 Å². The minimum atomic E-state index is -0.571. The van der Waals surface area contributed by atoms with E-state index in [1.807, 2.05) is 29.6 Å².